The number of nitrogens with one attached hydrogen (secondary N) is 1. The lowest BCUT2D eigenvalue weighted by molar-refractivity contribution is -0.141. The van der Waals surface area contributed by atoms with Gasteiger partial charge >= 0.3 is 5.97 Å². The second-order valence-electron chi connectivity index (χ2n) is 5.39. The summed E-state index contributed by atoms with van der Waals surface area (Å²) in [5.41, 5.74) is 0. The Morgan fingerprint density at radius 1 is 1.26 bits per heavy atom. The molecule has 1 unspecified atom stereocenters. The number of aliphatic carboxylic acids is 1. The van der Waals surface area contributed by atoms with Gasteiger partial charge in [0.25, 0.3) is 5.91 Å². The van der Waals surface area contributed by atoms with Gasteiger partial charge in [0.1, 0.15) is 12.3 Å². The van der Waals surface area contributed by atoms with Gasteiger partial charge in [-0.05, 0) is 25.0 Å². The molecule has 7 heteroatoms. The monoisotopic (exact) mass is 320 g/mol. The fourth-order valence-electron chi connectivity index (χ4n) is 2.48. The zero-order chi connectivity index (χ0) is 16.7. The van der Waals surface area contributed by atoms with Gasteiger partial charge in [-0.2, -0.15) is 0 Å². The van der Waals surface area contributed by atoms with Crippen molar-refractivity contribution in [2.24, 2.45) is 5.92 Å². The summed E-state index contributed by atoms with van der Waals surface area (Å²) in [5.74, 6) is -1.34. The number of piperidine rings is 1. The third-order valence-electron chi connectivity index (χ3n) is 3.66. The second-order valence-corrected chi connectivity index (χ2v) is 5.39. The highest BCUT2D eigenvalue weighted by Crippen LogP contribution is 2.17. The molecule has 23 heavy (non-hydrogen) atoms. The molecule has 0 aromatic heterocycles. The number of likely N-dealkylation sites (tertiary alicyclic amines) is 1. The number of carbonyl (C=O) groups is 3. The molecule has 7 nitrogen and oxygen atoms in total. The molecular weight excluding hydrogens is 300 g/mol. The maximum absolute atomic E-state index is 12.2. The Balaban J connectivity index is 1.81. The van der Waals surface area contributed by atoms with Crippen LogP contribution in [0, 0.1) is 5.92 Å². The number of ether oxygens (including phenoxy) is 1. The van der Waals surface area contributed by atoms with E-state index in [1.165, 1.54) is 0 Å². The third-order valence-corrected chi connectivity index (χ3v) is 3.66. The van der Waals surface area contributed by atoms with E-state index >= 15 is 0 Å². The Morgan fingerprint density at radius 2 is 2.00 bits per heavy atom. The van der Waals surface area contributed by atoms with Gasteiger partial charge in [-0.3, -0.25) is 14.4 Å². The molecule has 1 aromatic rings. The van der Waals surface area contributed by atoms with Crippen LogP contribution < -0.4 is 10.1 Å². The molecular formula is C16H20N2O5. The van der Waals surface area contributed by atoms with Crippen LogP contribution in [-0.2, 0) is 14.4 Å². The maximum Gasteiger partial charge on any atom is 0.322 e. The summed E-state index contributed by atoms with van der Waals surface area (Å²) >= 11 is 0. The molecule has 0 spiro atoms. The van der Waals surface area contributed by atoms with Crippen LogP contribution in [-0.4, -0.2) is 54.0 Å². The van der Waals surface area contributed by atoms with E-state index in [0.717, 1.165) is 0 Å². The molecule has 1 aliphatic heterocycles. The zero-order valence-corrected chi connectivity index (χ0v) is 12.7. The van der Waals surface area contributed by atoms with Gasteiger partial charge in [0.05, 0.1) is 5.92 Å². The molecule has 1 atom stereocenters. The van der Waals surface area contributed by atoms with Crippen molar-refractivity contribution in [2.75, 3.05) is 26.2 Å². The summed E-state index contributed by atoms with van der Waals surface area (Å²) in [5, 5.41) is 10.9. The number of carboxylic acid groups (broad SMARTS) is 1. The quantitative estimate of drug-likeness (QED) is 0.796. The SMILES string of the molecule is O=C(O)CNC(=O)C1CCCN(C(=O)COc2ccccc2)C1. The summed E-state index contributed by atoms with van der Waals surface area (Å²) in [6.07, 6.45) is 1.36. The number of hydrogen-bond acceptors (Lipinski definition) is 4. The van der Waals surface area contributed by atoms with E-state index in [4.69, 9.17) is 9.84 Å². The highest BCUT2D eigenvalue weighted by Gasteiger charge is 2.28. The molecule has 0 radical (unpaired) electrons. The van der Waals surface area contributed by atoms with Gasteiger partial charge in [-0.15, -0.1) is 0 Å². The number of rotatable bonds is 6. The summed E-state index contributed by atoms with van der Waals surface area (Å²) in [4.78, 5) is 36.2. The number of para-hydroxylation sites is 1. The molecule has 1 aromatic carbocycles. The number of carbonyl (C=O) groups excluding carboxylic acids is 2. The fraction of sp³-hybridized carbons (Fsp3) is 0.438. The molecule has 2 N–H and O–H groups in total. The molecule has 1 aliphatic rings. The lowest BCUT2D eigenvalue weighted by Gasteiger charge is -2.31. The molecule has 2 amide bonds. The van der Waals surface area contributed by atoms with Gasteiger partial charge in [0.15, 0.2) is 6.61 Å². The predicted molar refractivity (Wildman–Crippen MR) is 81.9 cm³/mol. The first-order valence-corrected chi connectivity index (χ1v) is 7.51. The van der Waals surface area contributed by atoms with Crippen molar-refractivity contribution >= 4 is 17.8 Å². The van der Waals surface area contributed by atoms with Crippen molar-refractivity contribution in [2.45, 2.75) is 12.8 Å². The summed E-state index contributed by atoms with van der Waals surface area (Å²) in [6.45, 7) is 0.399. The number of hydrogen-bond donors (Lipinski definition) is 2. The molecule has 2 rings (SSSR count). The van der Waals surface area contributed by atoms with Crippen LogP contribution in [0.5, 0.6) is 5.75 Å². The topological polar surface area (TPSA) is 95.9 Å². The van der Waals surface area contributed by atoms with E-state index < -0.39 is 12.5 Å². The van der Waals surface area contributed by atoms with Crippen LogP contribution in [0.3, 0.4) is 0 Å². The summed E-state index contributed by atoms with van der Waals surface area (Å²) < 4.78 is 5.43. The zero-order valence-electron chi connectivity index (χ0n) is 12.7. The van der Waals surface area contributed by atoms with Crippen LogP contribution in [0.4, 0.5) is 0 Å². The van der Waals surface area contributed by atoms with Crippen LogP contribution in [0.2, 0.25) is 0 Å². The van der Waals surface area contributed by atoms with Crippen LogP contribution in [0.25, 0.3) is 0 Å². The number of benzene rings is 1. The largest absolute Gasteiger partial charge is 0.484 e. The minimum Gasteiger partial charge on any atom is -0.484 e. The first-order chi connectivity index (χ1) is 11.1. The second kappa shape index (κ2) is 8.17. The molecule has 1 saturated heterocycles. The fourth-order valence-corrected chi connectivity index (χ4v) is 2.48. The molecule has 124 valence electrons. The Hall–Kier alpha value is -2.57. The van der Waals surface area contributed by atoms with Gasteiger partial charge in [0, 0.05) is 13.1 Å². The smallest absolute Gasteiger partial charge is 0.322 e. The first-order valence-electron chi connectivity index (χ1n) is 7.51. The predicted octanol–water partition coefficient (Wildman–Crippen LogP) is 0.505. The molecule has 1 heterocycles. The Morgan fingerprint density at radius 3 is 2.70 bits per heavy atom. The highest BCUT2D eigenvalue weighted by molar-refractivity contribution is 5.84. The van der Waals surface area contributed by atoms with E-state index in [9.17, 15) is 14.4 Å². The average molecular weight is 320 g/mol. The summed E-state index contributed by atoms with van der Waals surface area (Å²) in [7, 11) is 0. The average Bonchev–Trinajstić information content (AvgIpc) is 2.58. The highest BCUT2D eigenvalue weighted by atomic mass is 16.5. The van der Waals surface area contributed by atoms with E-state index in [1.807, 2.05) is 18.2 Å². The van der Waals surface area contributed by atoms with Gasteiger partial charge in [0.2, 0.25) is 5.91 Å². The van der Waals surface area contributed by atoms with E-state index in [1.54, 1.807) is 17.0 Å². The minimum absolute atomic E-state index is 0.0759. The Kier molecular flexibility index (Phi) is 5.96. The van der Waals surface area contributed by atoms with E-state index in [0.29, 0.717) is 31.7 Å². The first kappa shape index (κ1) is 16.8. The van der Waals surface area contributed by atoms with Gasteiger partial charge in [-0.1, -0.05) is 18.2 Å². The maximum atomic E-state index is 12.2. The molecule has 1 fully saturated rings. The lowest BCUT2D eigenvalue weighted by atomic mass is 9.97. The van der Waals surface area contributed by atoms with Crippen molar-refractivity contribution in [1.82, 2.24) is 10.2 Å². The molecule has 0 bridgehead atoms. The third kappa shape index (κ3) is 5.28. The van der Waals surface area contributed by atoms with Crippen molar-refractivity contribution < 1.29 is 24.2 Å². The summed E-state index contributed by atoms with van der Waals surface area (Å²) in [6, 6.07) is 9.05. The van der Waals surface area contributed by atoms with Crippen LogP contribution in [0.15, 0.2) is 30.3 Å². The van der Waals surface area contributed by atoms with E-state index in [2.05, 4.69) is 5.32 Å². The normalized spacial score (nSPS) is 17.4. The standard InChI is InChI=1S/C16H20N2O5/c19-14(11-23-13-6-2-1-3-7-13)18-8-4-5-12(10-18)16(22)17-9-15(20)21/h1-3,6-7,12H,4-5,8-11H2,(H,17,22)(H,20,21). The van der Waals surface area contributed by atoms with Crippen molar-refractivity contribution in [3.05, 3.63) is 30.3 Å². The van der Waals surface area contributed by atoms with Gasteiger partial charge < -0.3 is 20.1 Å². The molecule has 0 aliphatic carbocycles. The van der Waals surface area contributed by atoms with Crippen LogP contribution in [0.1, 0.15) is 12.8 Å². The van der Waals surface area contributed by atoms with Crippen LogP contribution >= 0.6 is 0 Å². The van der Waals surface area contributed by atoms with E-state index in [-0.39, 0.29) is 24.3 Å². The van der Waals surface area contributed by atoms with Crippen molar-refractivity contribution in [1.29, 1.82) is 0 Å². The minimum atomic E-state index is -1.08. The van der Waals surface area contributed by atoms with Gasteiger partial charge in [-0.25, -0.2) is 0 Å². The Bertz CT molecular complexity index is 561. The number of carboxylic acids is 1. The number of amides is 2. The van der Waals surface area contributed by atoms with Crippen molar-refractivity contribution in [3.63, 3.8) is 0 Å². The van der Waals surface area contributed by atoms with Crippen molar-refractivity contribution in [3.8, 4) is 5.75 Å². The Labute approximate surface area is 134 Å². The molecule has 0 saturated carbocycles. The lowest BCUT2D eigenvalue weighted by Crippen LogP contribution is -2.47. The number of nitrogens with zero attached hydrogens (tertiary/aromatic N) is 1.